The molecule has 2 unspecified atom stereocenters. The normalized spacial score (nSPS) is 33.9. The smallest absolute Gasteiger partial charge is 0.409 e. The average Bonchev–Trinajstić information content (AvgIpc) is 2.47. The minimum absolute atomic E-state index is 0.0669. The number of aliphatic carboxylic acids is 1. The lowest BCUT2D eigenvalue weighted by molar-refractivity contribution is -0.144. The highest BCUT2D eigenvalue weighted by Gasteiger charge is 2.45. The van der Waals surface area contributed by atoms with Gasteiger partial charge >= 0.3 is 12.1 Å². The van der Waals surface area contributed by atoms with Crippen molar-refractivity contribution in [3.05, 3.63) is 0 Å². The zero-order chi connectivity index (χ0) is 11.0. The van der Waals surface area contributed by atoms with Crippen LogP contribution in [0.4, 0.5) is 4.79 Å². The molecule has 1 amide bonds. The van der Waals surface area contributed by atoms with Crippen LogP contribution >= 0.6 is 0 Å². The van der Waals surface area contributed by atoms with E-state index in [-0.39, 0.29) is 24.1 Å². The number of hydrogen-bond donors (Lipinski definition) is 1. The summed E-state index contributed by atoms with van der Waals surface area (Å²) in [5.74, 6) is -1.03. The summed E-state index contributed by atoms with van der Waals surface area (Å²) in [5, 5.41) is 8.95. The van der Waals surface area contributed by atoms with E-state index in [9.17, 15) is 9.59 Å². The third-order valence-electron chi connectivity index (χ3n) is 3.47. The monoisotopic (exact) mass is 213 g/mol. The third kappa shape index (κ3) is 1.66. The van der Waals surface area contributed by atoms with Gasteiger partial charge in [-0.3, -0.25) is 4.79 Å². The van der Waals surface area contributed by atoms with E-state index >= 15 is 0 Å². The second kappa shape index (κ2) is 3.72. The van der Waals surface area contributed by atoms with Gasteiger partial charge in [0.25, 0.3) is 0 Å². The number of rotatable bonds is 1. The molecule has 2 bridgehead atoms. The molecule has 1 N–H and O–H groups in total. The van der Waals surface area contributed by atoms with E-state index in [2.05, 4.69) is 0 Å². The zero-order valence-electron chi connectivity index (χ0n) is 8.68. The standard InChI is InChI=1S/C10H15NO4/c1-15-10(14)11-7-2-3-8(11)5-6(4-7)9(12)13/h6-8H,2-5H2,1H3,(H,12,13). The molecule has 2 atom stereocenters. The number of carbonyl (C=O) groups is 2. The molecule has 5 nitrogen and oxygen atoms in total. The Bertz CT molecular complexity index is 277. The van der Waals surface area contributed by atoms with Crippen molar-refractivity contribution in [2.24, 2.45) is 5.92 Å². The molecule has 84 valence electrons. The molecule has 15 heavy (non-hydrogen) atoms. The second-order valence-corrected chi connectivity index (χ2v) is 4.27. The third-order valence-corrected chi connectivity index (χ3v) is 3.47. The van der Waals surface area contributed by atoms with Crippen LogP contribution in [-0.4, -0.2) is 41.3 Å². The van der Waals surface area contributed by atoms with E-state index < -0.39 is 5.97 Å². The van der Waals surface area contributed by atoms with Crippen molar-refractivity contribution < 1.29 is 19.4 Å². The van der Waals surface area contributed by atoms with Gasteiger partial charge in [-0.15, -0.1) is 0 Å². The summed E-state index contributed by atoms with van der Waals surface area (Å²) < 4.78 is 4.71. The maximum Gasteiger partial charge on any atom is 0.409 e. The number of piperidine rings is 1. The first-order valence-electron chi connectivity index (χ1n) is 5.22. The number of carboxylic acid groups (broad SMARTS) is 1. The maximum atomic E-state index is 11.5. The molecule has 0 radical (unpaired) electrons. The van der Waals surface area contributed by atoms with Gasteiger partial charge in [0.2, 0.25) is 0 Å². The molecule has 2 heterocycles. The van der Waals surface area contributed by atoms with Gasteiger partial charge < -0.3 is 14.7 Å². The number of ether oxygens (including phenoxy) is 1. The number of hydrogen-bond acceptors (Lipinski definition) is 3. The minimum atomic E-state index is -0.739. The lowest BCUT2D eigenvalue weighted by atomic mass is 9.91. The Morgan fingerprint density at radius 3 is 2.20 bits per heavy atom. The van der Waals surface area contributed by atoms with Crippen molar-refractivity contribution >= 4 is 12.1 Å². The Balaban J connectivity index is 2.10. The Hall–Kier alpha value is -1.26. The Kier molecular flexibility index (Phi) is 2.54. The molecular formula is C10H15NO4. The molecule has 5 heteroatoms. The molecule has 0 aromatic heterocycles. The van der Waals surface area contributed by atoms with Crippen molar-refractivity contribution in [1.82, 2.24) is 4.90 Å². The highest BCUT2D eigenvalue weighted by molar-refractivity contribution is 5.72. The highest BCUT2D eigenvalue weighted by atomic mass is 16.5. The summed E-state index contributed by atoms with van der Waals surface area (Å²) >= 11 is 0. The van der Waals surface area contributed by atoms with Crippen LogP contribution in [0.2, 0.25) is 0 Å². The molecule has 0 saturated carbocycles. The van der Waals surface area contributed by atoms with Gasteiger partial charge in [-0.25, -0.2) is 4.79 Å². The first-order chi connectivity index (χ1) is 7.13. The van der Waals surface area contributed by atoms with E-state index in [4.69, 9.17) is 9.84 Å². The van der Waals surface area contributed by atoms with Crippen LogP contribution in [0.5, 0.6) is 0 Å². The molecule has 2 aliphatic heterocycles. The summed E-state index contributed by atoms with van der Waals surface area (Å²) in [6, 6.07) is 0.134. The number of methoxy groups -OCH3 is 1. The van der Waals surface area contributed by atoms with Crippen LogP contribution in [0, 0.1) is 5.92 Å². The van der Waals surface area contributed by atoms with Crippen molar-refractivity contribution in [3.8, 4) is 0 Å². The molecular weight excluding hydrogens is 198 g/mol. The Morgan fingerprint density at radius 2 is 1.80 bits per heavy atom. The average molecular weight is 213 g/mol. The summed E-state index contributed by atoms with van der Waals surface area (Å²) in [4.78, 5) is 24.1. The van der Waals surface area contributed by atoms with Crippen LogP contribution in [0.25, 0.3) is 0 Å². The van der Waals surface area contributed by atoms with Gasteiger partial charge in [0.1, 0.15) is 0 Å². The van der Waals surface area contributed by atoms with Gasteiger partial charge in [0.05, 0.1) is 13.0 Å². The van der Waals surface area contributed by atoms with Crippen molar-refractivity contribution in [1.29, 1.82) is 0 Å². The van der Waals surface area contributed by atoms with Crippen LogP contribution < -0.4 is 0 Å². The van der Waals surface area contributed by atoms with Crippen LogP contribution in [0.15, 0.2) is 0 Å². The summed E-state index contributed by atoms with van der Waals surface area (Å²) in [5.41, 5.74) is 0. The van der Waals surface area contributed by atoms with E-state index in [1.54, 1.807) is 4.90 Å². The van der Waals surface area contributed by atoms with Gasteiger partial charge in [-0.1, -0.05) is 0 Å². The summed E-state index contributed by atoms with van der Waals surface area (Å²) in [6.07, 6.45) is 2.64. The van der Waals surface area contributed by atoms with Crippen molar-refractivity contribution in [2.75, 3.05) is 7.11 Å². The second-order valence-electron chi connectivity index (χ2n) is 4.27. The SMILES string of the molecule is COC(=O)N1C2CCC1CC(C(=O)O)C2. The first-order valence-corrected chi connectivity index (χ1v) is 5.22. The predicted octanol–water partition coefficient (Wildman–Crippen LogP) is 1.08. The Morgan fingerprint density at radius 1 is 1.27 bits per heavy atom. The molecule has 2 rings (SSSR count). The summed E-state index contributed by atoms with van der Waals surface area (Å²) in [6.45, 7) is 0. The van der Waals surface area contributed by atoms with Crippen LogP contribution in [0.1, 0.15) is 25.7 Å². The minimum Gasteiger partial charge on any atom is -0.481 e. The highest BCUT2D eigenvalue weighted by Crippen LogP contribution is 2.38. The van der Waals surface area contributed by atoms with Crippen LogP contribution in [-0.2, 0) is 9.53 Å². The van der Waals surface area contributed by atoms with Gasteiger partial charge in [0.15, 0.2) is 0 Å². The largest absolute Gasteiger partial charge is 0.481 e. The number of nitrogens with zero attached hydrogens (tertiary/aromatic N) is 1. The van der Waals surface area contributed by atoms with Crippen molar-refractivity contribution in [3.63, 3.8) is 0 Å². The van der Waals surface area contributed by atoms with Gasteiger partial charge in [-0.2, -0.15) is 0 Å². The predicted molar refractivity (Wildman–Crippen MR) is 51.4 cm³/mol. The van der Waals surface area contributed by atoms with E-state index in [1.807, 2.05) is 0 Å². The molecule has 2 fully saturated rings. The zero-order valence-corrected chi connectivity index (χ0v) is 8.68. The lowest BCUT2D eigenvalue weighted by Crippen LogP contribution is -2.47. The number of fused-ring (bicyclic) bond motifs is 2. The maximum absolute atomic E-state index is 11.5. The van der Waals surface area contributed by atoms with E-state index in [1.165, 1.54) is 7.11 Å². The molecule has 0 aromatic rings. The van der Waals surface area contributed by atoms with Gasteiger partial charge in [0, 0.05) is 12.1 Å². The lowest BCUT2D eigenvalue weighted by Gasteiger charge is -2.36. The number of carbonyl (C=O) groups excluding carboxylic acids is 1. The van der Waals surface area contributed by atoms with Crippen LogP contribution in [0.3, 0.4) is 0 Å². The topological polar surface area (TPSA) is 66.8 Å². The molecule has 0 aliphatic carbocycles. The summed E-state index contributed by atoms with van der Waals surface area (Å²) in [7, 11) is 1.37. The fourth-order valence-electron chi connectivity index (χ4n) is 2.78. The van der Waals surface area contributed by atoms with E-state index in [0.29, 0.717) is 12.8 Å². The fourth-order valence-corrected chi connectivity index (χ4v) is 2.78. The van der Waals surface area contributed by atoms with Gasteiger partial charge in [-0.05, 0) is 25.7 Å². The molecule has 2 aliphatic rings. The Labute approximate surface area is 88.0 Å². The molecule has 0 spiro atoms. The van der Waals surface area contributed by atoms with E-state index in [0.717, 1.165) is 12.8 Å². The molecule has 2 saturated heterocycles. The first kappa shape index (κ1) is 10.3. The quantitative estimate of drug-likeness (QED) is 0.707. The number of carboxylic acids is 1. The number of amides is 1. The fraction of sp³-hybridized carbons (Fsp3) is 0.800. The molecule has 0 aromatic carbocycles. The van der Waals surface area contributed by atoms with Crippen molar-refractivity contribution in [2.45, 2.75) is 37.8 Å².